The largest absolute Gasteiger partial charge is 0.482 e. The predicted octanol–water partition coefficient (Wildman–Crippen LogP) is 0.603. The molecule has 20 heavy (non-hydrogen) atoms. The van der Waals surface area contributed by atoms with E-state index in [1.807, 2.05) is 0 Å². The van der Waals surface area contributed by atoms with Gasteiger partial charge in [0, 0.05) is 11.6 Å². The molecule has 0 aromatic heterocycles. The van der Waals surface area contributed by atoms with Crippen molar-refractivity contribution < 1.29 is 33.3 Å². The van der Waals surface area contributed by atoms with Crippen molar-refractivity contribution in [2.45, 2.75) is 0 Å². The minimum absolute atomic E-state index is 0.250. The van der Waals surface area contributed by atoms with Crippen LogP contribution in [0.2, 0.25) is 0 Å². The topological polar surface area (TPSA) is 88.1 Å². The molecule has 0 fully saturated rings. The molecule has 7 nitrogen and oxygen atoms in total. The number of esters is 2. The Morgan fingerprint density at radius 1 is 0.950 bits per heavy atom. The predicted molar refractivity (Wildman–Crippen MR) is 66.9 cm³/mol. The van der Waals surface area contributed by atoms with Crippen molar-refractivity contribution in [1.29, 1.82) is 0 Å². The Labute approximate surface area is 115 Å². The molecule has 0 N–H and O–H groups in total. The number of hydrogen-bond acceptors (Lipinski definition) is 7. The third kappa shape index (κ3) is 4.97. The molecule has 0 aliphatic rings. The number of aldehydes is 1. The van der Waals surface area contributed by atoms with Gasteiger partial charge in [0.25, 0.3) is 0 Å². The fraction of sp³-hybridized carbons (Fsp3) is 0.308. The zero-order valence-corrected chi connectivity index (χ0v) is 11.1. The molecule has 0 saturated carbocycles. The van der Waals surface area contributed by atoms with Crippen molar-refractivity contribution in [2.75, 3.05) is 27.4 Å². The van der Waals surface area contributed by atoms with Crippen LogP contribution in [-0.4, -0.2) is 45.7 Å². The van der Waals surface area contributed by atoms with Crippen molar-refractivity contribution >= 4 is 18.2 Å². The van der Waals surface area contributed by atoms with Gasteiger partial charge in [-0.25, -0.2) is 9.59 Å². The van der Waals surface area contributed by atoms with E-state index in [9.17, 15) is 14.4 Å². The van der Waals surface area contributed by atoms with E-state index in [2.05, 4.69) is 9.47 Å². The first-order valence-corrected chi connectivity index (χ1v) is 5.58. The monoisotopic (exact) mass is 282 g/mol. The van der Waals surface area contributed by atoms with Crippen LogP contribution in [0.3, 0.4) is 0 Å². The van der Waals surface area contributed by atoms with Gasteiger partial charge < -0.3 is 18.9 Å². The van der Waals surface area contributed by atoms with Gasteiger partial charge in [-0.05, 0) is 12.1 Å². The van der Waals surface area contributed by atoms with Crippen LogP contribution >= 0.6 is 0 Å². The summed E-state index contributed by atoms with van der Waals surface area (Å²) in [4.78, 5) is 32.7. The molecule has 0 heterocycles. The van der Waals surface area contributed by atoms with E-state index in [-0.39, 0.29) is 30.3 Å². The fourth-order valence-corrected chi connectivity index (χ4v) is 1.23. The van der Waals surface area contributed by atoms with Gasteiger partial charge in [0.1, 0.15) is 17.8 Å². The summed E-state index contributed by atoms with van der Waals surface area (Å²) < 4.78 is 19.1. The van der Waals surface area contributed by atoms with E-state index in [1.54, 1.807) is 0 Å². The van der Waals surface area contributed by atoms with E-state index in [0.717, 1.165) is 0 Å². The molecule has 0 radical (unpaired) electrons. The fourth-order valence-electron chi connectivity index (χ4n) is 1.23. The van der Waals surface area contributed by atoms with Crippen LogP contribution in [0.15, 0.2) is 18.2 Å². The molecule has 7 heteroatoms. The zero-order chi connectivity index (χ0) is 15.0. The lowest BCUT2D eigenvalue weighted by Crippen LogP contribution is -2.14. The lowest BCUT2D eigenvalue weighted by molar-refractivity contribution is -0.143. The van der Waals surface area contributed by atoms with E-state index >= 15 is 0 Å². The summed E-state index contributed by atoms with van der Waals surface area (Å²) in [5, 5.41) is 0. The number of methoxy groups -OCH3 is 2. The van der Waals surface area contributed by atoms with E-state index in [1.165, 1.54) is 32.4 Å². The maximum Gasteiger partial charge on any atom is 0.343 e. The van der Waals surface area contributed by atoms with Crippen molar-refractivity contribution in [3.05, 3.63) is 23.8 Å². The Morgan fingerprint density at radius 3 is 1.75 bits per heavy atom. The van der Waals surface area contributed by atoms with Crippen LogP contribution in [-0.2, 0) is 19.1 Å². The molecular formula is C13H14O7. The second-order valence-electron chi connectivity index (χ2n) is 3.59. The van der Waals surface area contributed by atoms with Crippen LogP contribution < -0.4 is 9.47 Å². The molecule has 0 atom stereocenters. The highest BCUT2D eigenvalue weighted by Gasteiger charge is 2.08. The lowest BCUT2D eigenvalue weighted by Gasteiger charge is -2.09. The molecule has 108 valence electrons. The summed E-state index contributed by atoms with van der Waals surface area (Å²) >= 11 is 0. The van der Waals surface area contributed by atoms with E-state index < -0.39 is 11.9 Å². The standard InChI is InChI=1S/C13H14O7/c1-17-12(15)7-19-10-3-9(6-14)4-11(5-10)20-8-13(16)18-2/h3-6H,7-8H2,1-2H3. The maximum absolute atomic E-state index is 11.0. The highest BCUT2D eigenvalue weighted by Crippen LogP contribution is 2.22. The average molecular weight is 282 g/mol. The van der Waals surface area contributed by atoms with Gasteiger partial charge in [-0.3, -0.25) is 4.79 Å². The number of rotatable bonds is 7. The normalized spacial score (nSPS) is 9.50. The second kappa shape index (κ2) is 7.78. The van der Waals surface area contributed by atoms with Crippen molar-refractivity contribution in [1.82, 2.24) is 0 Å². The van der Waals surface area contributed by atoms with Crippen LogP contribution in [0.5, 0.6) is 11.5 Å². The SMILES string of the molecule is COC(=O)COc1cc(C=O)cc(OCC(=O)OC)c1. The first-order chi connectivity index (χ1) is 9.58. The first-order valence-electron chi connectivity index (χ1n) is 5.58. The molecular weight excluding hydrogens is 268 g/mol. The Morgan fingerprint density at radius 2 is 1.40 bits per heavy atom. The number of ether oxygens (including phenoxy) is 4. The summed E-state index contributed by atoms with van der Waals surface area (Å²) in [5.41, 5.74) is 0.284. The smallest absolute Gasteiger partial charge is 0.343 e. The quantitative estimate of drug-likeness (QED) is 0.534. The highest BCUT2D eigenvalue weighted by atomic mass is 16.6. The zero-order valence-electron chi connectivity index (χ0n) is 11.1. The van der Waals surface area contributed by atoms with E-state index in [0.29, 0.717) is 6.29 Å². The van der Waals surface area contributed by atoms with Gasteiger partial charge in [-0.15, -0.1) is 0 Å². The van der Waals surface area contributed by atoms with E-state index in [4.69, 9.17) is 9.47 Å². The first kappa shape index (κ1) is 15.5. The number of carbonyl (C=O) groups is 3. The molecule has 1 aromatic rings. The molecule has 0 bridgehead atoms. The maximum atomic E-state index is 11.0. The molecule has 1 aromatic carbocycles. The average Bonchev–Trinajstić information content (AvgIpc) is 2.49. The molecule has 0 aliphatic carbocycles. The van der Waals surface area contributed by atoms with Crippen molar-refractivity contribution in [3.63, 3.8) is 0 Å². The summed E-state index contributed by atoms with van der Waals surface area (Å²) in [6, 6.07) is 4.31. The number of carbonyl (C=O) groups excluding carboxylic acids is 3. The van der Waals surface area contributed by atoms with Crippen molar-refractivity contribution in [2.24, 2.45) is 0 Å². The Hall–Kier alpha value is -2.57. The molecule has 1 rings (SSSR count). The Balaban J connectivity index is 2.77. The molecule has 0 aliphatic heterocycles. The van der Waals surface area contributed by atoms with Gasteiger partial charge in [0.15, 0.2) is 13.2 Å². The third-order valence-corrected chi connectivity index (χ3v) is 2.21. The van der Waals surface area contributed by atoms with Gasteiger partial charge in [0.05, 0.1) is 14.2 Å². The van der Waals surface area contributed by atoms with Crippen LogP contribution in [0.4, 0.5) is 0 Å². The molecule has 0 amide bonds. The van der Waals surface area contributed by atoms with Gasteiger partial charge in [0.2, 0.25) is 0 Å². The van der Waals surface area contributed by atoms with Crippen LogP contribution in [0, 0.1) is 0 Å². The molecule has 0 unspecified atom stereocenters. The molecule has 0 saturated heterocycles. The second-order valence-corrected chi connectivity index (χ2v) is 3.59. The minimum Gasteiger partial charge on any atom is -0.482 e. The molecule has 0 spiro atoms. The van der Waals surface area contributed by atoms with Crippen LogP contribution in [0.25, 0.3) is 0 Å². The van der Waals surface area contributed by atoms with Gasteiger partial charge >= 0.3 is 11.9 Å². The summed E-state index contributed by atoms with van der Waals surface area (Å²) in [5.74, 6) is -0.614. The summed E-state index contributed by atoms with van der Waals surface area (Å²) in [6.45, 7) is -0.593. The minimum atomic E-state index is -0.557. The Bertz CT molecular complexity index is 457. The number of hydrogen-bond donors (Lipinski definition) is 0. The van der Waals surface area contributed by atoms with Crippen LogP contribution in [0.1, 0.15) is 10.4 Å². The number of benzene rings is 1. The van der Waals surface area contributed by atoms with Crippen molar-refractivity contribution in [3.8, 4) is 11.5 Å². The Kier molecular flexibility index (Phi) is 6.02. The summed E-state index contributed by atoms with van der Waals surface area (Å²) in [6.07, 6.45) is 0.593. The van der Waals surface area contributed by atoms with Gasteiger partial charge in [-0.2, -0.15) is 0 Å². The summed E-state index contributed by atoms with van der Waals surface area (Å²) in [7, 11) is 2.47. The van der Waals surface area contributed by atoms with Gasteiger partial charge in [-0.1, -0.05) is 0 Å². The third-order valence-electron chi connectivity index (χ3n) is 2.21. The highest BCUT2D eigenvalue weighted by molar-refractivity contribution is 5.77. The lowest BCUT2D eigenvalue weighted by atomic mass is 10.2.